The Morgan fingerprint density at radius 2 is 2.14 bits per heavy atom. The van der Waals surface area contributed by atoms with Gasteiger partial charge in [-0.15, -0.1) is 6.58 Å². The first kappa shape index (κ1) is 21.8. The summed E-state index contributed by atoms with van der Waals surface area (Å²) in [6, 6.07) is 6.99. The van der Waals surface area contributed by atoms with E-state index in [0.717, 1.165) is 54.1 Å². The molecule has 0 saturated carbocycles. The summed E-state index contributed by atoms with van der Waals surface area (Å²) in [5.74, 6) is 0. The molecule has 3 N–H and O–H groups in total. The molecular formula is C24H36N4. The van der Waals surface area contributed by atoms with Crippen LogP contribution in [0.1, 0.15) is 36.8 Å². The maximum atomic E-state index is 4.43. The Morgan fingerprint density at radius 1 is 1.36 bits per heavy atom. The quantitative estimate of drug-likeness (QED) is 0.468. The van der Waals surface area contributed by atoms with Crippen LogP contribution < -0.4 is 16.0 Å². The maximum Gasteiger partial charge on any atom is 0.0470 e. The molecule has 2 atom stereocenters. The van der Waals surface area contributed by atoms with Crippen molar-refractivity contribution in [3.8, 4) is 0 Å². The van der Waals surface area contributed by atoms with E-state index in [1.165, 1.54) is 12.8 Å². The molecule has 1 heterocycles. The third kappa shape index (κ3) is 5.52. The second kappa shape index (κ2) is 10.8. The second-order valence-corrected chi connectivity index (χ2v) is 7.40. The lowest BCUT2D eigenvalue weighted by atomic mass is 9.99. The minimum Gasteiger partial charge on any atom is -0.392 e. The van der Waals surface area contributed by atoms with Crippen molar-refractivity contribution >= 4 is 17.5 Å². The van der Waals surface area contributed by atoms with Crippen LogP contribution in [0.5, 0.6) is 0 Å². The zero-order valence-corrected chi connectivity index (χ0v) is 17.6. The van der Waals surface area contributed by atoms with E-state index in [9.17, 15) is 0 Å². The SMILES string of the molecule is C=Cc1cccc(NCC2CCCN2)c1C(=C)N(C)C(C=C)CCC(=C)NC. The highest BCUT2D eigenvalue weighted by atomic mass is 15.1. The summed E-state index contributed by atoms with van der Waals surface area (Å²) in [4.78, 5) is 2.21. The number of nitrogens with one attached hydrogen (secondary N) is 3. The Balaban J connectivity index is 2.19. The van der Waals surface area contributed by atoms with Crippen LogP contribution in [0.15, 0.2) is 56.3 Å². The number of rotatable bonds is 12. The molecule has 1 aromatic rings. The van der Waals surface area contributed by atoms with Crippen molar-refractivity contribution < 1.29 is 0 Å². The highest BCUT2D eigenvalue weighted by molar-refractivity contribution is 5.81. The van der Waals surface area contributed by atoms with E-state index in [0.29, 0.717) is 6.04 Å². The first-order chi connectivity index (χ1) is 13.5. The molecule has 0 aliphatic carbocycles. The molecule has 1 saturated heterocycles. The molecular weight excluding hydrogens is 344 g/mol. The van der Waals surface area contributed by atoms with Crippen molar-refractivity contribution in [3.05, 3.63) is 67.4 Å². The molecule has 0 amide bonds. The number of allylic oxidation sites excluding steroid dienone is 1. The van der Waals surface area contributed by atoms with E-state index in [1.807, 2.05) is 19.2 Å². The Morgan fingerprint density at radius 3 is 2.75 bits per heavy atom. The molecule has 4 nitrogen and oxygen atoms in total. The van der Waals surface area contributed by atoms with Gasteiger partial charge < -0.3 is 20.9 Å². The Labute approximate surface area is 171 Å². The van der Waals surface area contributed by atoms with Gasteiger partial charge in [0.2, 0.25) is 0 Å². The summed E-state index contributed by atoms with van der Waals surface area (Å²) in [7, 11) is 3.99. The van der Waals surface area contributed by atoms with Crippen molar-refractivity contribution in [1.82, 2.24) is 15.5 Å². The Bertz CT molecular complexity index is 701. The van der Waals surface area contributed by atoms with Gasteiger partial charge in [0.1, 0.15) is 0 Å². The van der Waals surface area contributed by atoms with E-state index in [-0.39, 0.29) is 6.04 Å². The van der Waals surface area contributed by atoms with Crippen LogP contribution in [0.3, 0.4) is 0 Å². The lowest BCUT2D eigenvalue weighted by Crippen LogP contribution is -2.31. The molecule has 28 heavy (non-hydrogen) atoms. The number of hydrogen-bond acceptors (Lipinski definition) is 4. The molecule has 1 aliphatic rings. The van der Waals surface area contributed by atoms with Gasteiger partial charge in [-0.3, -0.25) is 0 Å². The van der Waals surface area contributed by atoms with Crippen LogP contribution in [0.2, 0.25) is 0 Å². The predicted molar refractivity (Wildman–Crippen MR) is 124 cm³/mol. The van der Waals surface area contributed by atoms with Gasteiger partial charge >= 0.3 is 0 Å². The van der Waals surface area contributed by atoms with Gasteiger partial charge in [0.25, 0.3) is 0 Å². The number of nitrogens with zero attached hydrogens (tertiary/aromatic N) is 1. The van der Waals surface area contributed by atoms with Crippen LogP contribution in [0.4, 0.5) is 5.69 Å². The number of hydrogen-bond donors (Lipinski definition) is 3. The van der Waals surface area contributed by atoms with Crippen molar-refractivity contribution in [1.29, 1.82) is 0 Å². The van der Waals surface area contributed by atoms with Gasteiger partial charge in [0.15, 0.2) is 0 Å². The van der Waals surface area contributed by atoms with E-state index in [1.54, 1.807) is 0 Å². The molecule has 1 aliphatic heterocycles. The molecule has 4 heteroatoms. The normalized spacial score (nSPS) is 16.9. The smallest absolute Gasteiger partial charge is 0.0470 e. The standard InChI is InChI=1S/C24H36N4/c1-7-20-11-9-13-23(27-17-21-12-10-16-26-21)24(20)19(4)28(6)22(8-2)15-14-18(3)25-5/h7-9,11,13,21-22,25-27H,1-4,10,12,14-17H2,5-6H3. The van der Waals surface area contributed by atoms with E-state index < -0.39 is 0 Å². The zero-order chi connectivity index (χ0) is 20.5. The zero-order valence-electron chi connectivity index (χ0n) is 17.6. The van der Waals surface area contributed by atoms with Crippen molar-refractivity contribution in [2.24, 2.45) is 0 Å². The van der Waals surface area contributed by atoms with Gasteiger partial charge in [-0.25, -0.2) is 0 Å². The summed E-state index contributed by atoms with van der Waals surface area (Å²) in [5, 5.41) is 10.3. The molecule has 0 spiro atoms. The fourth-order valence-corrected chi connectivity index (χ4v) is 3.67. The molecule has 2 rings (SSSR count). The number of benzene rings is 1. The van der Waals surface area contributed by atoms with Gasteiger partial charge in [-0.1, -0.05) is 44.0 Å². The van der Waals surface area contributed by atoms with Gasteiger partial charge in [0, 0.05) is 55.4 Å². The highest BCUT2D eigenvalue weighted by Gasteiger charge is 2.20. The molecule has 1 fully saturated rings. The molecule has 0 bridgehead atoms. The third-order valence-electron chi connectivity index (χ3n) is 5.60. The van der Waals surface area contributed by atoms with E-state index in [4.69, 9.17) is 0 Å². The molecule has 0 radical (unpaired) electrons. The lowest BCUT2D eigenvalue weighted by molar-refractivity contribution is 0.384. The number of likely N-dealkylation sites (N-methyl/N-ethyl adjacent to an activating group) is 1. The molecule has 152 valence electrons. The third-order valence-corrected chi connectivity index (χ3v) is 5.60. The Hall–Kier alpha value is -2.46. The minimum absolute atomic E-state index is 0.180. The topological polar surface area (TPSA) is 39.3 Å². The molecule has 1 aromatic carbocycles. The van der Waals surface area contributed by atoms with Crippen LogP contribution in [-0.4, -0.2) is 44.2 Å². The van der Waals surface area contributed by atoms with Crippen molar-refractivity contribution in [2.45, 2.75) is 37.8 Å². The van der Waals surface area contributed by atoms with Gasteiger partial charge in [-0.05, 0) is 43.9 Å². The maximum absolute atomic E-state index is 4.43. The van der Waals surface area contributed by atoms with Crippen LogP contribution in [0.25, 0.3) is 11.8 Å². The summed E-state index contributed by atoms with van der Waals surface area (Å²) in [5.41, 5.74) is 5.30. The van der Waals surface area contributed by atoms with Gasteiger partial charge in [-0.2, -0.15) is 0 Å². The summed E-state index contributed by atoms with van der Waals surface area (Å²) in [6.45, 7) is 18.5. The monoisotopic (exact) mass is 380 g/mol. The van der Waals surface area contributed by atoms with Crippen LogP contribution >= 0.6 is 0 Å². The second-order valence-electron chi connectivity index (χ2n) is 7.40. The summed E-state index contributed by atoms with van der Waals surface area (Å²) < 4.78 is 0. The van der Waals surface area contributed by atoms with E-state index >= 15 is 0 Å². The van der Waals surface area contributed by atoms with Crippen LogP contribution in [0, 0.1) is 0 Å². The fraction of sp³-hybridized carbons (Fsp3) is 0.417. The minimum atomic E-state index is 0.180. The number of anilines is 1. The predicted octanol–water partition coefficient (Wildman–Crippen LogP) is 4.46. The average molecular weight is 381 g/mol. The average Bonchev–Trinajstić information content (AvgIpc) is 3.24. The summed E-state index contributed by atoms with van der Waals surface area (Å²) >= 11 is 0. The van der Waals surface area contributed by atoms with E-state index in [2.05, 4.69) is 72.4 Å². The highest BCUT2D eigenvalue weighted by Crippen LogP contribution is 2.31. The summed E-state index contributed by atoms with van der Waals surface area (Å²) in [6.07, 6.45) is 8.19. The lowest BCUT2D eigenvalue weighted by Gasteiger charge is -2.32. The Kier molecular flexibility index (Phi) is 8.40. The largest absolute Gasteiger partial charge is 0.392 e. The first-order valence-electron chi connectivity index (χ1n) is 10.1. The van der Waals surface area contributed by atoms with Gasteiger partial charge in [0.05, 0.1) is 0 Å². The van der Waals surface area contributed by atoms with Crippen molar-refractivity contribution in [2.75, 3.05) is 32.5 Å². The van der Waals surface area contributed by atoms with Crippen molar-refractivity contribution in [3.63, 3.8) is 0 Å². The fourth-order valence-electron chi connectivity index (χ4n) is 3.67. The van der Waals surface area contributed by atoms with Crippen LogP contribution in [-0.2, 0) is 0 Å². The first-order valence-corrected chi connectivity index (χ1v) is 10.1. The molecule has 0 aromatic heterocycles. The molecule has 2 unspecified atom stereocenters.